The molecule has 0 aliphatic carbocycles. The number of benzene rings is 2. The molecule has 3 aromatic rings. The topological polar surface area (TPSA) is 70.7 Å². The molecule has 4 nitrogen and oxygen atoms in total. The summed E-state index contributed by atoms with van der Waals surface area (Å²) in [6.45, 7) is 0. The maximum atomic E-state index is 12.0. The van der Waals surface area contributed by atoms with E-state index in [1.807, 2.05) is 30.3 Å². The number of phenols is 1. The molecule has 3 rings (SSSR count). The predicted octanol–water partition coefficient (Wildman–Crippen LogP) is 3.38. The average molecular weight is 296 g/mol. The van der Waals surface area contributed by atoms with E-state index in [-0.39, 0.29) is 22.6 Å². The standard InChI is InChI=1S/C18H16O4/c19-13-9-10-14-16(11-13)22-18(21)15(17(14)20)8-4-7-12-5-2-1-3-6-12/h1-3,5-6,9-11,19-20H,4,7-8H2. The van der Waals surface area contributed by atoms with E-state index in [1.54, 1.807) is 6.07 Å². The third-order valence-electron chi connectivity index (χ3n) is 3.69. The van der Waals surface area contributed by atoms with Crippen LogP contribution < -0.4 is 5.63 Å². The zero-order valence-corrected chi connectivity index (χ0v) is 12.0. The van der Waals surface area contributed by atoms with Crippen molar-refractivity contribution in [2.75, 3.05) is 0 Å². The van der Waals surface area contributed by atoms with Crippen molar-refractivity contribution < 1.29 is 14.6 Å². The first-order valence-corrected chi connectivity index (χ1v) is 7.17. The van der Waals surface area contributed by atoms with Gasteiger partial charge in [-0.15, -0.1) is 0 Å². The van der Waals surface area contributed by atoms with Crippen molar-refractivity contribution in [3.05, 3.63) is 70.1 Å². The van der Waals surface area contributed by atoms with Crippen LogP contribution in [0.2, 0.25) is 0 Å². The molecule has 0 bridgehead atoms. The predicted molar refractivity (Wildman–Crippen MR) is 84.3 cm³/mol. The third kappa shape index (κ3) is 2.81. The van der Waals surface area contributed by atoms with E-state index >= 15 is 0 Å². The highest BCUT2D eigenvalue weighted by Crippen LogP contribution is 2.29. The van der Waals surface area contributed by atoms with Crippen LogP contribution in [0.15, 0.2) is 57.7 Å². The van der Waals surface area contributed by atoms with Gasteiger partial charge in [0.1, 0.15) is 17.1 Å². The first-order chi connectivity index (χ1) is 10.6. The molecule has 0 saturated carbocycles. The lowest BCUT2D eigenvalue weighted by Gasteiger charge is -2.07. The Hall–Kier alpha value is -2.75. The van der Waals surface area contributed by atoms with Crippen molar-refractivity contribution >= 4 is 11.0 Å². The molecule has 0 saturated heterocycles. The second kappa shape index (κ2) is 5.93. The van der Waals surface area contributed by atoms with Crippen molar-refractivity contribution in [2.45, 2.75) is 19.3 Å². The molecule has 0 aliphatic heterocycles. The molecule has 0 atom stereocenters. The summed E-state index contributed by atoms with van der Waals surface area (Å²) in [5.74, 6) is -0.0637. The van der Waals surface area contributed by atoms with Crippen LogP contribution in [-0.2, 0) is 12.8 Å². The first-order valence-electron chi connectivity index (χ1n) is 7.17. The van der Waals surface area contributed by atoms with Gasteiger partial charge in [-0.25, -0.2) is 4.79 Å². The molecule has 1 heterocycles. The Balaban J connectivity index is 1.84. The van der Waals surface area contributed by atoms with Gasteiger partial charge in [-0.05, 0) is 37.0 Å². The molecule has 2 aromatic carbocycles. The van der Waals surface area contributed by atoms with Gasteiger partial charge in [0.2, 0.25) is 0 Å². The Labute approximate surface area is 127 Å². The average Bonchev–Trinajstić information content (AvgIpc) is 2.51. The molecule has 0 spiro atoms. The minimum absolute atomic E-state index is 0.00752. The van der Waals surface area contributed by atoms with Gasteiger partial charge in [-0.1, -0.05) is 30.3 Å². The summed E-state index contributed by atoms with van der Waals surface area (Å²) in [5.41, 5.74) is 1.11. The summed E-state index contributed by atoms with van der Waals surface area (Å²) in [4.78, 5) is 12.0. The Morgan fingerprint density at radius 1 is 0.955 bits per heavy atom. The fraction of sp³-hybridized carbons (Fsp3) is 0.167. The largest absolute Gasteiger partial charge is 0.508 e. The number of hydrogen-bond acceptors (Lipinski definition) is 4. The van der Waals surface area contributed by atoms with Crippen molar-refractivity contribution in [1.29, 1.82) is 0 Å². The van der Waals surface area contributed by atoms with E-state index in [1.165, 1.54) is 17.7 Å². The lowest BCUT2D eigenvalue weighted by Crippen LogP contribution is -2.08. The molecule has 4 heteroatoms. The summed E-state index contributed by atoms with van der Waals surface area (Å²) >= 11 is 0. The van der Waals surface area contributed by atoms with Crippen LogP contribution in [0.4, 0.5) is 0 Å². The fourth-order valence-corrected chi connectivity index (χ4v) is 2.55. The lowest BCUT2D eigenvalue weighted by atomic mass is 10.0. The Kier molecular flexibility index (Phi) is 3.83. The number of aromatic hydroxyl groups is 2. The summed E-state index contributed by atoms with van der Waals surface area (Å²) < 4.78 is 5.18. The lowest BCUT2D eigenvalue weighted by molar-refractivity contribution is 0.452. The van der Waals surface area contributed by atoms with Crippen LogP contribution >= 0.6 is 0 Å². The van der Waals surface area contributed by atoms with Gasteiger partial charge in [-0.3, -0.25) is 0 Å². The Morgan fingerprint density at radius 3 is 2.50 bits per heavy atom. The Morgan fingerprint density at radius 2 is 1.73 bits per heavy atom. The van der Waals surface area contributed by atoms with Gasteiger partial charge >= 0.3 is 5.63 Å². The van der Waals surface area contributed by atoms with Crippen LogP contribution in [0, 0.1) is 0 Å². The molecule has 112 valence electrons. The highest BCUT2D eigenvalue weighted by molar-refractivity contribution is 5.85. The van der Waals surface area contributed by atoms with Crippen molar-refractivity contribution in [3.8, 4) is 11.5 Å². The molecule has 0 radical (unpaired) electrons. The second-order valence-electron chi connectivity index (χ2n) is 5.24. The van der Waals surface area contributed by atoms with Crippen LogP contribution in [0.1, 0.15) is 17.5 Å². The minimum atomic E-state index is -0.552. The number of hydrogen-bond donors (Lipinski definition) is 2. The van der Waals surface area contributed by atoms with E-state index in [9.17, 15) is 15.0 Å². The van der Waals surface area contributed by atoms with Crippen molar-refractivity contribution in [2.24, 2.45) is 0 Å². The molecule has 0 amide bonds. The quantitative estimate of drug-likeness (QED) is 0.724. The van der Waals surface area contributed by atoms with Crippen LogP contribution in [0.25, 0.3) is 11.0 Å². The highest BCUT2D eigenvalue weighted by Gasteiger charge is 2.14. The van der Waals surface area contributed by atoms with Gasteiger partial charge in [0.05, 0.1) is 10.9 Å². The van der Waals surface area contributed by atoms with Gasteiger partial charge in [0.15, 0.2) is 0 Å². The molecule has 0 aliphatic rings. The Bertz CT molecular complexity index is 850. The number of aryl methyl sites for hydroxylation is 1. The molecule has 1 aromatic heterocycles. The van der Waals surface area contributed by atoms with Crippen LogP contribution in [0.5, 0.6) is 11.5 Å². The monoisotopic (exact) mass is 296 g/mol. The zero-order chi connectivity index (χ0) is 15.5. The van der Waals surface area contributed by atoms with Gasteiger partial charge in [0.25, 0.3) is 0 Å². The van der Waals surface area contributed by atoms with Crippen LogP contribution in [0.3, 0.4) is 0 Å². The minimum Gasteiger partial charge on any atom is -0.508 e. The van der Waals surface area contributed by atoms with Crippen LogP contribution in [-0.4, -0.2) is 10.2 Å². The smallest absolute Gasteiger partial charge is 0.343 e. The van der Waals surface area contributed by atoms with E-state index in [2.05, 4.69) is 0 Å². The summed E-state index contributed by atoms with van der Waals surface area (Å²) in [6, 6.07) is 14.3. The number of rotatable bonds is 4. The molecule has 2 N–H and O–H groups in total. The second-order valence-corrected chi connectivity index (χ2v) is 5.24. The molecule has 0 fully saturated rings. The van der Waals surface area contributed by atoms with E-state index in [0.29, 0.717) is 11.8 Å². The molecular weight excluding hydrogens is 280 g/mol. The fourth-order valence-electron chi connectivity index (χ4n) is 2.55. The zero-order valence-electron chi connectivity index (χ0n) is 12.0. The molecular formula is C18H16O4. The summed E-state index contributed by atoms with van der Waals surface area (Å²) in [5, 5.41) is 20.1. The number of fused-ring (bicyclic) bond motifs is 1. The molecule has 0 unspecified atom stereocenters. The van der Waals surface area contributed by atoms with Gasteiger partial charge in [0, 0.05) is 6.07 Å². The summed E-state index contributed by atoms with van der Waals surface area (Å²) in [6.07, 6.45) is 2.01. The van der Waals surface area contributed by atoms with Gasteiger partial charge in [-0.2, -0.15) is 0 Å². The maximum Gasteiger partial charge on any atom is 0.343 e. The third-order valence-corrected chi connectivity index (χ3v) is 3.69. The van der Waals surface area contributed by atoms with E-state index in [4.69, 9.17) is 4.42 Å². The number of phenolic OH excluding ortho intramolecular Hbond substituents is 1. The SMILES string of the molecule is O=c1oc2cc(O)ccc2c(O)c1CCCc1ccccc1. The van der Waals surface area contributed by atoms with Crippen molar-refractivity contribution in [3.63, 3.8) is 0 Å². The van der Waals surface area contributed by atoms with E-state index in [0.717, 1.165) is 12.8 Å². The highest BCUT2D eigenvalue weighted by atomic mass is 16.4. The maximum absolute atomic E-state index is 12.0. The molecule has 22 heavy (non-hydrogen) atoms. The van der Waals surface area contributed by atoms with Crippen molar-refractivity contribution in [1.82, 2.24) is 0 Å². The first kappa shape index (κ1) is 14.2. The van der Waals surface area contributed by atoms with Gasteiger partial charge < -0.3 is 14.6 Å². The normalized spacial score (nSPS) is 10.9. The van der Waals surface area contributed by atoms with E-state index < -0.39 is 5.63 Å². The summed E-state index contributed by atoms with van der Waals surface area (Å²) in [7, 11) is 0.